The van der Waals surface area contributed by atoms with Crippen molar-refractivity contribution in [3.8, 4) is 33.8 Å². The third-order valence-corrected chi connectivity index (χ3v) is 12.7. The number of alkyl carbamates (subject to hydrolysis) is 2. The van der Waals surface area contributed by atoms with Crippen LogP contribution in [0.1, 0.15) is 87.7 Å². The van der Waals surface area contributed by atoms with E-state index in [0.29, 0.717) is 62.1 Å². The Kier molecular flexibility index (Phi) is 13.0. The normalized spacial score (nSPS) is 18.6. The molecule has 9 rings (SSSR count). The summed E-state index contributed by atoms with van der Waals surface area (Å²) >= 11 is 0. The molecule has 1 unspecified atom stereocenters. The maximum atomic E-state index is 14.3. The summed E-state index contributed by atoms with van der Waals surface area (Å²) in [5.41, 5.74) is 6.35. The highest BCUT2D eigenvalue weighted by Crippen LogP contribution is 2.36. The number of nitrogens with zero attached hydrogens (tertiary/aromatic N) is 6. The fourth-order valence-electron chi connectivity index (χ4n) is 9.16. The molecular weight excluding hydrogens is 841 g/mol. The highest BCUT2D eigenvalue weighted by atomic mass is 16.6. The van der Waals surface area contributed by atoms with E-state index in [1.807, 2.05) is 86.8 Å². The van der Waals surface area contributed by atoms with Gasteiger partial charge in [-0.1, -0.05) is 56.3 Å². The molecule has 3 aliphatic heterocycles. The topological polar surface area (TPSA) is 210 Å². The number of aromatic nitrogens is 6. The van der Waals surface area contributed by atoms with Gasteiger partial charge >= 0.3 is 12.2 Å². The van der Waals surface area contributed by atoms with E-state index in [1.165, 1.54) is 7.11 Å². The minimum Gasteiger partial charge on any atom is -0.453 e. The van der Waals surface area contributed by atoms with Crippen LogP contribution in [0.4, 0.5) is 9.59 Å². The van der Waals surface area contributed by atoms with Gasteiger partial charge in [0.05, 0.1) is 61.2 Å². The van der Waals surface area contributed by atoms with Crippen LogP contribution >= 0.6 is 0 Å². The largest absolute Gasteiger partial charge is 0.453 e. The zero-order chi connectivity index (χ0) is 45.7. The van der Waals surface area contributed by atoms with E-state index in [-0.39, 0.29) is 35.9 Å². The Labute approximate surface area is 382 Å². The Morgan fingerprint density at radius 2 is 1.47 bits per heavy atom. The number of methoxy groups -OCH3 is 1. The number of fused-ring (bicyclic) bond motifs is 1. The number of ether oxygens (including phenoxy) is 3. The molecule has 2 aromatic carbocycles. The lowest BCUT2D eigenvalue weighted by molar-refractivity contribution is -0.136. The maximum absolute atomic E-state index is 14.3. The number of imidazole rings is 2. The average Bonchev–Trinajstić information content (AvgIpc) is 4.20. The molecule has 0 aliphatic carbocycles. The SMILES string of the molecule is COC(=O)N[C@H](C(=O)N1CCC[C@H]1c1ncc(-c2ccc(-c3ccc4cc(-c5c[nH]c(C6CCCN6C(=O)[C@H](NC(=O)OC6CCOCC6)c6ccccc6)n5)cnc4c3)nc2)[nH]1)C(C)C. The molecule has 17 nitrogen and oxygen atoms in total. The molecular formula is C49H54N10O7. The summed E-state index contributed by atoms with van der Waals surface area (Å²) in [5.74, 6) is 0.860. The number of carbonyl (C=O) groups is 4. The fourth-order valence-corrected chi connectivity index (χ4v) is 9.16. The van der Waals surface area contributed by atoms with Crippen molar-refractivity contribution in [1.29, 1.82) is 0 Å². The Morgan fingerprint density at radius 1 is 0.742 bits per heavy atom. The van der Waals surface area contributed by atoms with Gasteiger partial charge in [0.2, 0.25) is 5.91 Å². The average molecular weight is 895 g/mol. The van der Waals surface area contributed by atoms with E-state index in [9.17, 15) is 19.2 Å². The second-order valence-corrected chi connectivity index (χ2v) is 17.4. The first-order valence-electron chi connectivity index (χ1n) is 22.7. The predicted octanol–water partition coefficient (Wildman–Crippen LogP) is 7.43. The third-order valence-electron chi connectivity index (χ3n) is 12.7. The van der Waals surface area contributed by atoms with Crippen molar-refractivity contribution >= 4 is 34.9 Å². The van der Waals surface area contributed by atoms with E-state index in [0.717, 1.165) is 64.7 Å². The molecule has 0 radical (unpaired) electrons. The molecule has 4 aromatic heterocycles. The van der Waals surface area contributed by atoms with E-state index >= 15 is 0 Å². The summed E-state index contributed by atoms with van der Waals surface area (Å²) in [6.45, 7) is 5.97. The van der Waals surface area contributed by atoms with Crippen LogP contribution in [0.15, 0.2) is 91.5 Å². The van der Waals surface area contributed by atoms with Crippen molar-refractivity contribution in [2.45, 2.75) is 82.6 Å². The van der Waals surface area contributed by atoms with Crippen LogP contribution in [0.3, 0.4) is 0 Å². The minimum atomic E-state index is -0.919. The number of likely N-dealkylation sites (tertiary alicyclic amines) is 2. The molecule has 3 aliphatic rings. The molecule has 4 N–H and O–H groups in total. The number of nitrogens with one attached hydrogen (secondary N) is 4. The minimum absolute atomic E-state index is 0.121. The second kappa shape index (κ2) is 19.5. The number of rotatable bonds is 12. The molecule has 342 valence electrons. The van der Waals surface area contributed by atoms with E-state index < -0.39 is 24.3 Å². The summed E-state index contributed by atoms with van der Waals surface area (Å²) in [7, 11) is 1.28. The lowest BCUT2D eigenvalue weighted by Gasteiger charge is -2.30. The maximum Gasteiger partial charge on any atom is 0.408 e. The van der Waals surface area contributed by atoms with Gasteiger partial charge in [0, 0.05) is 66.6 Å². The number of aromatic amines is 2. The number of benzene rings is 2. The van der Waals surface area contributed by atoms with Crippen molar-refractivity contribution < 1.29 is 33.4 Å². The van der Waals surface area contributed by atoms with E-state index in [4.69, 9.17) is 29.2 Å². The molecule has 66 heavy (non-hydrogen) atoms. The van der Waals surface area contributed by atoms with Gasteiger partial charge < -0.3 is 44.6 Å². The lowest BCUT2D eigenvalue weighted by Crippen LogP contribution is -2.51. The molecule has 17 heteroatoms. The molecule has 3 fully saturated rings. The summed E-state index contributed by atoms with van der Waals surface area (Å²) < 4.78 is 15.9. The fraction of sp³-hybridized carbons (Fsp3) is 0.388. The van der Waals surface area contributed by atoms with Crippen molar-refractivity contribution in [1.82, 2.24) is 50.3 Å². The lowest BCUT2D eigenvalue weighted by atomic mass is 10.0. The molecule has 6 aromatic rings. The van der Waals surface area contributed by atoms with Crippen LogP contribution in [-0.4, -0.2) is 109 Å². The van der Waals surface area contributed by atoms with Gasteiger partial charge in [-0.2, -0.15) is 0 Å². The van der Waals surface area contributed by atoms with Crippen LogP contribution in [0.5, 0.6) is 0 Å². The van der Waals surface area contributed by atoms with Gasteiger partial charge in [-0.25, -0.2) is 19.6 Å². The Morgan fingerprint density at radius 3 is 2.20 bits per heavy atom. The van der Waals surface area contributed by atoms with E-state index in [1.54, 1.807) is 28.4 Å². The Bertz CT molecular complexity index is 2680. The van der Waals surface area contributed by atoms with Crippen LogP contribution in [0.2, 0.25) is 0 Å². The number of hydrogen-bond acceptors (Lipinski definition) is 11. The van der Waals surface area contributed by atoms with Crippen molar-refractivity contribution in [3.05, 3.63) is 109 Å². The standard InChI is InChI=1S/C49H54N10O7/c1-29(2)42(56-48(62)64-3)46(60)58-19-7-11-40(58)44-52-27-38(54-44)33-15-16-36(50-25-33)32-14-13-31-23-34(26-51-37(31)24-32)39-28-53-45(55-39)41-12-8-20-59(41)47(61)43(30-9-5-4-6-10-30)57-49(63)66-35-17-21-65-22-18-35/h4-6,9-10,13-16,23-29,35,40-43H,7-8,11-12,17-22H2,1-3H3,(H,52,54)(H,53,55)(H,56,62)(H,57,63)/t40-,41?,42-,43+/m0/s1. The van der Waals surface area contributed by atoms with Crippen molar-refractivity contribution in [2.75, 3.05) is 33.4 Å². The highest BCUT2D eigenvalue weighted by molar-refractivity contribution is 5.89. The van der Waals surface area contributed by atoms with Crippen LogP contribution in [0, 0.1) is 5.92 Å². The first kappa shape index (κ1) is 44.1. The van der Waals surface area contributed by atoms with Crippen LogP contribution in [0.25, 0.3) is 44.7 Å². The van der Waals surface area contributed by atoms with Gasteiger partial charge in [-0.05, 0) is 61.4 Å². The third kappa shape index (κ3) is 9.47. The van der Waals surface area contributed by atoms with Crippen LogP contribution in [-0.2, 0) is 23.8 Å². The van der Waals surface area contributed by atoms with Gasteiger partial charge in [-0.15, -0.1) is 0 Å². The first-order chi connectivity index (χ1) is 32.1. The summed E-state index contributed by atoms with van der Waals surface area (Å²) in [5, 5.41) is 6.49. The number of H-pyrrole nitrogens is 2. The molecule has 7 heterocycles. The molecule has 3 saturated heterocycles. The molecule has 0 bridgehead atoms. The number of hydrogen-bond donors (Lipinski definition) is 4. The zero-order valence-electron chi connectivity index (χ0n) is 37.2. The van der Waals surface area contributed by atoms with Gasteiger partial charge in [0.15, 0.2) is 0 Å². The predicted molar refractivity (Wildman–Crippen MR) is 244 cm³/mol. The summed E-state index contributed by atoms with van der Waals surface area (Å²) in [6.07, 6.45) is 10.0. The van der Waals surface area contributed by atoms with Crippen LogP contribution < -0.4 is 10.6 Å². The van der Waals surface area contributed by atoms with Gasteiger partial charge in [0.1, 0.15) is 29.8 Å². The highest BCUT2D eigenvalue weighted by Gasteiger charge is 2.39. The Balaban J connectivity index is 0.860. The smallest absolute Gasteiger partial charge is 0.408 e. The number of pyridine rings is 2. The number of carbonyl (C=O) groups excluding carboxylic acids is 4. The van der Waals surface area contributed by atoms with Crippen molar-refractivity contribution in [3.63, 3.8) is 0 Å². The quantitative estimate of drug-likeness (QED) is 0.0949. The van der Waals surface area contributed by atoms with E-state index in [2.05, 4.69) is 25.6 Å². The number of amides is 4. The van der Waals surface area contributed by atoms with Gasteiger partial charge in [0.25, 0.3) is 5.91 Å². The van der Waals surface area contributed by atoms with Gasteiger partial charge in [-0.3, -0.25) is 19.6 Å². The summed E-state index contributed by atoms with van der Waals surface area (Å²) in [6, 6.07) is 19.1. The molecule has 0 saturated carbocycles. The van der Waals surface area contributed by atoms with Crippen molar-refractivity contribution in [2.24, 2.45) is 5.92 Å². The zero-order valence-corrected chi connectivity index (χ0v) is 37.2. The second-order valence-electron chi connectivity index (χ2n) is 17.4. The monoisotopic (exact) mass is 894 g/mol. The summed E-state index contributed by atoms with van der Waals surface area (Å²) in [4.78, 5) is 82.5. The molecule has 4 atom stereocenters. The molecule has 4 amide bonds. The first-order valence-corrected chi connectivity index (χ1v) is 22.7. The Hall–Kier alpha value is -7.14. The molecule has 0 spiro atoms.